The highest BCUT2D eigenvalue weighted by atomic mass is 16.5. The van der Waals surface area contributed by atoms with Gasteiger partial charge in [-0.1, -0.05) is 0 Å². The average Bonchev–Trinajstić information content (AvgIpc) is 2.54. The number of amides is 1. The van der Waals surface area contributed by atoms with Gasteiger partial charge >= 0.3 is 5.97 Å². The number of hydrogen-bond acceptors (Lipinski definition) is 7. The summed E-state index contributed by atoms with van der Waals surface area (Å²) in [5.74, 6) is -1.14. The summed E-state index contributed by atoms with van der Waals surface area (Å²) in [7, 11) is 2.56. The van der Waals surface area contributed by atoms with Crippen molar-refractivity contribution < 1.29 is 23.8 Å². The van der Waals surface area contributed by atoms with E-state index in [0.29, 0.717) is 0 Å². The first kappa shape index (κ1) is 14.4. The lowest BCUT2D eigenvalue weighted by molar-refractivity contribution is -0.154. The minimum Gasteiger partial charge on any atom is -0.491 e. The summed E-state index contributed by atoms with van der Waals surface area (Å²) in [5, 5.41) is 0. The third kappa shape index (κ3) is 2.01. The van der Waals surface area contributed by atoms with Gasteiger partial charge in [0.05, 0.1) is 27.4 Å². The first-order valence-electron chi connectivity index (χ1n) is 6.63. The van der Waals surface area contributed by atoms with Crippen molar-refractivity contribution in [2.75, 3.05) is 32.9 Å². The molecule has 1 aromatic rings. The molecule has 0 bridgehead atoms. The molecule has 118 valence electrons. The molecule has 2 aliphatic rings. The second-order valence-corrected chi connectivity index (χ2v) is 4.87. The normalized spacial score (nSPS) is 23.2. The van der Waals surface area contributed by atoms with Gasteiger partial charge in [-0.05, 0) is 0 Å². The van der Waals surface area contributed by atoms with E-state index in [2.05, 4.69) is 5.43 Å². The number of methoxy groups -OCH3 is 2. The van der Waals surface area contributed by atoms with Crippen molar-refractivity contribution in [1.29, 1.82) is 0 Å². The second kappa shape index (κ2) is 5.34. The van der Waals surface area contributed by atoms with Crippen molar-refractivity contribution >= 4 is 11.9 Å². The standard InChI is InChI=1S/C13H15N3O6/c1-20-11-8(17)3-4-15-10(11)12(18)16-7(13(19)21-2)5-22-6-9(16)14-15/h3-4,7,9,14H,5-6H2,1-2H3/t7-,9-/m0/s1. The minimum absolute atomic E-state index is 0.0377. The Morgan fingerprint density at radius 2 is 2.14 bits per heavy atom. The van der Waals surface area contributed by atoms with E-state index in [9.17, 15) is 14.4 Å². The van der Waals surface area contributed by atoms with Crippen LogP contribution in [0.3, 0.4) is 0 Å². The molecule has 3 heterocycles. The maximum absolute atomic E-state index is 12.8. The van der Waals surface area contributed by atoms with Crippen LogP contribution in [-0.2, 0) is 14.3 Å². The molecule has 0 radical (unpaired) electrons. The molecule has 0 spiro atoms. The maximum atomic E-state index is 12.8. The largest absolute Gasteiger partial charge is 0.491 e. The Morgan fingerprint density at radius 1 is 1.36 bits per heavy atom. The summed E-state index contributed by atoms with van der Waals surface area (Å²) >= 11 is 0. The van der Waals surface area contributed by atoms with Gasteiger partial charge in [0.25, 0.3) is 5.91 Å². The fraction of sp³-hybridized carbons (Fsp3) is 0.462. The number of carbonyl (C=O) groups is 2. The molecule has 9 heteroatoms. The van der Waals surface area contributed by atoms with Crippen LogP contribution in [0.2, 0.25) is 0 Å². The number of ether oxygens (including phenoxy) is 3. The Balaban J connectivity index is 2.09. The summed E-state index contributed by atoms with van der Waals surface area (Å²) in [5.41, 5.74) is 2.64. The van der Waals surface area contributed by atoms with Gasteiger partial charge in [0.15, 0.2) is 17.5 Å². The first-order chi connectivity index (χ1) is 10.6. The number of rotatable bonds is 2. The lowest BCUT2D eigenvalue weighted by Gasteiger charge is -2.44. The molecule has 2 atom stereocenters. The van der Waals surface area contributed by atoms with Gasteiger partial charge in [0.1, 0.15) is 6.17 Å². The van der Waals surface area contributed by atoms with Crippen LogP contribution in [0.15, 0.2) is 17.1 Å². The molecular weight excluding hydrogens is 294 g/mol. The number of aromatic nitrogens is 1. The molecule has 1 amide bonds. The van der Waals surface area contributed by atoms with Gasteiger partial charge in [0, 0.05) is 12.3 Å². The van der Waals surface area contributed by atoms with E-state index in [-0.39, 0.29) is 24.7 Å². The fourth-order valence-corrected chi connectivity index (χ4v) is 2.68. The molecule has 0 aromatic carbocycles. The molecule has 2 aliphatic heterocycles. The molecular formula is C13H15N3O6. The third-order valence-electron chi connectivity index (χ3n) is 3.68. The summed E-state index contributed by atoms with van der Waals surface area (Å²) in [6.07, 6.45) is 0.905. The van der Waals surface area contributed by atoms with Crippen LogP contribution in [-0.4, -0.2) is 61.1 Å². The zero-order valence-electron chi connectivity index (χ0n) is 12.1. The molecule has 3 rings (SSSR count). The van der Waals surface area contributed by atoms with Gasteiger partial charge in [-0.25, -0.2) is 4.79 Å². The van der Waals surface area contributed by atoms with E-state index in [0.717, 1.165) is 0 Å². The summed E-state index contributed by atoms with van der Waals surface area (Å²) in [4.78, 5) is 37.8. The van der Waals surface area contributed by atoms with Crippen LogP contribution in [0.4, 0.5) is 0 Å². The highest BCUT2D eigenvalue weighted by Gasteiger charge is 2.45. The molecule has 0 saturated carbocycles. The number of nitrogens with zero attached hydrogens (tertiary/aromatic N) is 2. The van der Waals surface area contributed by atoms with E-state index in [1.807, 2.05) is 0 Å². The molecule has 9 nitrogen and oxygen atoms in total. The van der Waals surface area contributed by atoms with E-state index in [4.69, 9.17) is 14.2 Å². The fourth-order valence-electron chi connectivity index (χ4n) is 2.68. The van der Waals surface area contributed by atoms with Crippen LogP contribution in [0.1, 0.15) is 10.5 Å². The Morgan fingerprint density at radius 3 is 2.82 bits per heavy atom. The highest BCUT2D eigenvalue weighted by Crippen LogP contribution is 2.25. The lowest BCUT2D eigenvalue weighted by atomic mass is 10.1. The Labute approximate surface area is 125 Å². The molecule has 1 saturated heterocycles. The zero-order valence-corrected chi connectivity index (χ0v) is 12.1. The van der Waals surface area contributed by atoms with Crippen LogP contribution in [0.25, 0.3) is 0 Å². The SMILES string of the molecule is COC(=O)[C@@H]1COC[C@H]2Nn3ccc(=O)c(OC)c3C(=O)N21. The Kier molecular flexibility index (Phi) is 3.49. The van der Waals surface area contributed by atoms with Gasteiger partial charge in [-0.3, -0.25) is 19.2 Å². The van der Waals surface area contributed by atoms with Crippen molar-refractivity contribution in [2.24, 2.45) is 0 Å². The lowest BCUT2D eigenvalue weighted by Crippen LogP contribution is -2.65. The van der Waals surface area contributed by atoms with Crippen molar-refractivity contribution in [2.45, 2.75) is 12.2 Å². The van der Waals surface area contributed by atoms with E-state index >= 15 is 0 Å². The predicted molar refractivity (Wildman–Crippen MR) is 73.2 cm³/mol. The smallest absolute Gasteiger partial charge is 0.331 e. The van der Waals surface area contributed by atoms with Crippen LogP contribution in [0.5, 0.6) is 5.75 Å². The van der Waals surface area contributed by atoms with Crippen molar-refractivity contribution in [3.8, 4) is 5.75 Å². The summed E-state index contributed by atoms with van der Waals surface area (Å²) in [6, 6.07) is 0.414. The van der Waals surface area contributed by atoms with E-state index in [1.165, 1.54) is 36.1 Å². The monoisotopic (exact) mass is 309 g/mol. The Hall–Kier alpha value is -2.55. The topological polar surface area (TPSA) is 99.1 Å². The molecule has 0 aliphatic carbocycles. The van der Waals surface area contributed by atoms with Crippen LogP contribution < -0.4 is 15.6 Å². The molecule has 0 unspecified atom stereocenters. The highest BCUT2D eigenvalue weighted by molar-refractivity contribution is 5.99. The minimum atomic E-state index is -0.877. The molecule has 22 heavy (non-hydrogen) atoms. The zero-order chi connectivity index (χ0) is 15.9. The van der Waals surface area contributed by atoms with Crippen LogP contribution >= 0.6 is 0 Å². The summed E-state index contributed by atoms with van der Waals surface area (Å²) in [6.45, 7) is 0.253. The number of morpholine rings is 1. The predicted octanol–water partition coefficient (Wildman–Crippen LogP) is -1.25. The van der Waals surface area contributed by atoms with Crippen molar-refractivity contribution in [3.63, 3.8) is 0 Å². The number of fused-ring (bicyclic) bond motifs is 2. The van der Waals surface area contributed by atoms with Crippen LogP contribution in [0, 0.1) is 0 Å². The molecule has 1 aromatic heterocycles. The molecule has 1 fully saturated rings. The van der Waals surface area contributed by atoms with Crippen molar-refractivity contribution in [1.82, 2.24) is 9.58 Å². The maximum Gasteiger partial charge on any atom is 0.331 e. The number of carbonyl (C=O) groups excluding carboxylic acids is 2. The van der Waals surface area contributed by atoms with E-state index < -0.39 is 29.5 Å². The second-order valence-electron chi connectivity index (χ2n) is 4.87. The number of nitrogens with one attached hydrogen (secondary N) is 1. The number of pyridine rings is 1. The van der Waals surface area contributed by atoms with Crippen molar-refractivity contribution in [3.05, 3.63) is 28.2 Å². The van der Waals surface area contributed by atoms with Gasteiger partial charge < -0.3 is 19.6 Å². The average molecular weight is 309 g/mol. The Bertz CT molecular complexity index is 685. The summed E-state index contributed by atoms with van der Waals surface area (Å²) < 4.78 is 16.5. The third-order valence-corrected chi connectivity index (χ3v) is 3.68. The van der Waals surface area contributed by atoms with Gasteiger partial charge in [0.2, 0.25) is 5.43 Å². The molecule has 1 N–H and O–H groups in total. The quantitative estimate of drug-likeness (QED) is 0.682. The van der Waals surface area contributed by atoms with Gasteiger partial charge in [-0.2, -0.15) is 0 Å². The first-order valence-corrected chi connectivity index (χ1v) is 6.63. The van der Waals surface area contributed by atoms with E-state index in [1.54, 1.807) is 0 Å². The van der Waals surface area contributed by atoms with Gasteiger partial charge in [-0.15, -0.1) is 0 Å². The number of esters is 1. The number of hydrogen-bond donors (Lipinski definition) is 1.